The van der Waals surface area contributed by atoms with Crippen molar-refractivity contribution < 1.29 is 12.8 Å². The number of rotatable bonds is 2. The predicted molar refractivity (Wildman–Crippen MR) is 77.6 cm³/mol. The molecule has 0 aliphatic carbocycles. The maximum atomic E-state index is 13.8. The molecule has 1 saturated heterocycles. The van der Waals surface area contributed by atoms with Crippen LogP contribution in [0.15, 0.2) is 27.6 Å². The van der Waals surface area contributed by atoms with E-state index < -0.39 is 15.8 Å². The Bertz CT molecular complexity index is 533. The largest absolute Gasteiger partial charge is 0.315 e. The van der Waals surface area contributed by atoms with Crippen LogP contribution in [0.3, 0.4) is 0 Å². The van der Waals surface area contributed by atoms with E-state index in [-0.39, 0.29) is 17.3 Å². The molecule has 1 aliphatic heterocycles. The molecule has 1 aromatic rings. The van der Waals surface area contributed by atoms with E-state index in [4.69, 9.17) is 0 Å². The first-order chi connectivity index (χ1) is 8.51. The van der Waals surface area contributed by atoms with E-state index in [1.54, 1.807) is 0 Å². The Kier molecular flexibility index (Phi) is 6.19. The predicted octanol–water partition coefficient (Wildman–Crippen LogP) is 1.99. The lowest BCUT2D eigenvalue weighted by Crippen LogP contribution is -2.34. The second-order valence-corrected chi connectivity index (χ2v) is 6.90. The highest BCUT2D eigenvalue weighted by Crippen LogP contribution is 2.23. The molecule has 0 radical (unpaired) electrons. The van der Waals surface area contributed by atoms with E-state index in [1.807, 2.05) is 0 Å². The molecule has 0 amide bonds. The molecule has 0 unspecified atom stereocenters. The zero-order valence-corrected chi connectivity index (χ0v) is 13.3. The minimum absolute atomic E-state index is 0. The number of sulfonamides is 1. The summed E-state index contributed by atoms with van der Waals surface area (Å²) < 4.78 is 40.2. The first-order valence-corrected chi connectivity index (χ1v) is 7.91. The fourth-order valence-corrected chi connectivity index (χ4v) is 3.74. The highest BCUT2D eigenvalue weighted by Gasteiger charge is 2.27. The Balaban J connectivity index is 0.00000180. The van der Waals surface area contributed by atoms with Crippen LogP contribution in [0.4, 0.5) is 4.39 Å². The third-order valence-corrected chi connectivity index (χ3v) is 5.24. The van der Waals surface area contributed by atoms with Crippen LogP contribution in [0.25, 0.3) is 0 Å². The van der Waals surface area contributed by atoms with Gasteiger partial charge in [0.15, 0.2) is 0 Å². The quantitative estimate of drug-likeness (QED) is 0.862. The molecule has 1 N–H and O–H groups in total. The molecule has 19 heavy (non-hydrogen) atoms. The molecule has 0 spiro atoms. The van der Waals surface area contributed by atoms with E-state index in [0.29, 0.717) is 24.1 Å². The van der Waals surface area contributed by atoms with Crippen molar-refractivity contribution in [2.24, 2.45) is 0 Å². The summed E-state index contributed by atoms with van der Waals surface area (Å²) in [4.78, 5) is -0.257. The van der Waals surface area contributed by atoms with Gasteiger partial charge >= 0.3 is 0 Å². The maximum absolute atomic E-state index is 13.8. The van der Waals surface area contributed by atoms with Gasteiger partial charge in [0.25, 0.3) is 0 Å². The first-order valence-electron chi connectivity index (χ1n) is 5.68. The lowest BCUT2D eigenvalue weighted by atomic mass is 10.3. The van der Waals surface area contributed by atoms with Crippen LogP contribution in [0, 0.1) is 5.82 Å². The van der Waals surface area contributed by atoms with Crippen LogP contribution in [-0.4, -0.2) is 38.9 Å². The fourth-order valence-electron chi connectivity index (χ4n) is 1.88. The summed E-state index contributed by atoms with van der Waals surface area (Å²) in [6, 6.07) is 4.00. The molecular formula is C11H15BrClFN2O2S. The smallest absolute Gasteiger partial charge is 0.246 e. The summed E-state index contributed by atoms with van der Waals surface area (Å²) in [6.45, 7) is 2.18. The zero-order chi connectivity index (χ0) is 13.2. The number of hydrogen-bond donors (Lipinski definition) is 1. The molecule has 0 atom stereocenters. The van der Waals surface area contributed by atoms with Crippen molar-refractivity contribution in [3.63, 3.8) is 0 Å². The van der Waals surface area contributed by atoms with Crippen molar-refractivity contribution in [2.75, 3.05) is 26.2 Å². The Hall–Kier alpha value is -0.210. The zero-order valence-electron chi connectivity index (χ0n) is 10.1. The number of hydrogen-bond acceptors (Lipinski definition) is 3. The molecule has 8 heteroatoms. The number of nitrogens with one attached hydrogen (secondary N) is 1. The van der Waals surface area contributed by atoms with Gasteiger partial charge in [-0.3, -0.25) is 0 Å². The van der Waals surface area contributed by atoms with Crippen LogP contribution in [0.5, 0.6) is 0 Å². The van der Waals surface area contributed by atoms with Gasteiger partial charge in [0.05, 0.1) is 0 Å². The van der Waals surface area contributed by atoms with Crippen molar-refractivity contribution in [1.29, 1.82) is 0 Å². The van der Waals surface area contributed by atoms with Crippen molar-refractivity contribution >= 4 is 38.4 Å². The summed E-state index contributed by atoms with van der Waals surface area (Å²) in [5.74, 6) is -0.721. The molecule has 1 heterocycles. The molecule has 2 rings (SSSR count). The summed E-state index contributed by atoms with van der Waals surface area (Å²) in [5, 5.41) is 3.12. The van der Waals surface area contributed by atoms with Gasteiger partial charge in [-0.15, -0.1) is 12.4 Å². The summed E-state index contributed by atoms with van der Waals surface area (Å²) in [6.07, 6.45) is 0.734. The van der Waals surface area contributed by atoms with Gasteiger partial charge in [0.1, 0.15) is 10.7 Å². The van der Waals surface area contributed by atoms with Gasteiger partial charge in [0.2, 0.25) is 10.0 Å². The van der Waals surface area contributed by atoms with Crippen molar-refractivity contribution in [3.8, 4) is 0 Å². The molecular weight excluding hydrogens is 359 g/mol. The molecule has 4 nitrogen and oxygen atoms in total. The first kappa shape index (κ1) is 16.8. The molecule has 108 valence electrons. The third-order valence-electron chi connectivity index (χ3n) is 2.81. The molecule has 0 aromatic heterocycles. The molecule has 0 saturated carbocycles. The lowest BCUT2D eigenvalue weighted by Gasteiger charge is -2.19. The van der Waals surface area contributed by atoms with Crippen LogP contribution in [-0.2, 0) is 10.0 Å². The highest BCUT2D eigenvalue weighted by atomic mass is 79.9. The number of nitrogens with zero attached hydrogens (tertiary/aromatic N) is 1. The van der Waals surface area contributed by atoms with Gasteiger partial charge in [0, 0.05) is 24.1 Å². The van der Waals surface area contributed by atoms with E-state index in [2.05, 4.69) is 21.2 Å². The van der Waals surface area contributed by atoms with Gasteiger partial charge in [-0.1, -0.05) is 15.9 Å². The highest BCUT2D eigenvalue weighted by molar-refractivity contribution is 9.10. The van der Waals surface area contributed by atoms with Gasteiger partial charge in [-0.05, 0) is 31.2 Å². The van der Waals surface area contributed by atoms with Crippen LogP contribution in [0.1, 0.15) is 6.42 Å². The number of halogens is 3. The third kappa shape index (κ3) is 3.88. The van der Waals surface area contributed by atoms with Crippen LogP contribution < -0.4 is 5.32 Å². The van der Waals surface area contributed by atoms with Crippen LogP contribution >= 0.6 is 28.3 Å². The van der Waals surface area contributed by atoms with Crippen molar-refractivity contribution in [3.05, 3.63) is 28.5 Å². The summed E-state index contributed by atoms with van der Waals surface area (Å²) >= 11 is 3.11. The average Bonchev–Trinajstić information content (AvgIpc) is 2.57. The van der Waals surface area contributed by atoms with Crippen molar-refractivity contribution in [2.45, 2.75) is 11.3 Å². The molecule has 0 bridgehead atoms. The van der Waals surface area contributed by atoms with E-state index >= 15 is 0 Å². The Morgan fingerprint density at radius 2 is 2.00 bits per heavy atom. The lowest BCUT2D eigenvalue weighted by molar-refractivity contribution is 0.427. The van der Waals surface area contributed by atoms with Gasteiger partial charge in [-0.25, -0.2) is 12.8 Å². The van der Waals surface area contributed by atoms with Crippen molar-refractivity contribution in [1.82, 2.24) is 9.62 Å². The molecule has 1 aromatic carbocycles. The Morgan fingerprint density at radius 1 is 1.26 bits per heavy atom. The summed E-state index contributed by atoms with van der Waals surface area (Å²) in [7, 11) is -3.74. The Morgan fingerprint density at radius 3 is 2.68 bits per heavy atom. The van der Waals surface area contributed by atoms with E-state index in [9.17, 15) is 12.8 Å². The normalized spacial score (nSPS) is 17.6. The minimum Gasteiger partial charge on any atom is -0.315 e. The standard InChI is InChI=1S/C11H14BrFN2O2S.ClH/c12-9-2-3-11(10(13)8-9)18(16,17)15-6-1-4-14-5-7-15;/h2-3,8,14H,1,4-7H2;1H. The van der Waals surface area contributed by atoms with E-state index in [0.717, 1.165) is 13.0 Å². The van der Waals surface area contributed by atoms with Crippen LogP contribution in [0.2, 0.25) is 0 Å². The van der Waals surface area contributed by atoms with Gasteiger partial charge in [-0.2, -0.15) is 4.31 Å². The molecule has 1 aliphatic rings. The van der Waals surface area contributed by atoms with E-state index in [1.165, 1.54) is 22.5 Å². The molecule has 1 fully saturated rings. The van der Waals surface area contributed by atoms with Gasteiger partial charge < -0.3 is 5.32 Å². The average molecular weight is 374 g/mol. The minimum atomic E-state index is -3.74. The second kappa shape index (κ2) is 6.99. The topological polar surface area (TPSA) is 49.4 Å². The maximum Gasteiger partial charge on any atom is 0.246 e. The monoisotopic (exact) mass is 372 g/mol. The number of benzene rings is 1. The fraction of sp³-hybridized carbons (Fsp3) is 0.455. The second-order valence-electron chi connectivity index (χ2n) is 4.08. The summed E-state index contributed by atoms with van der Waals surface area (Å²) in [5.41, 5.74) is 0. The Labute approximate surface area is 127 Å². The SMILES string of the molecule is Cl.O=S(=O)(c1ccc(Br)cc1F)N1CCCNCC1.